The number of carboxylic acids is 1. The summed E-state index contributed by atoms with van der Waals surface area (Å²) >= 11 is 6.03. The second kappa shape index (κ2) is 12.6. The minimum Gasteiger partial charge on any atom is -0.481 e. The zero-order valence-electron chi connectivity index (χ0n) is 21.2. The quantitative estimate of drug-likeness (QED) is 0.214. The molecular formula is C27H31ClFN5O5. The first-order valence-corrected chi connectivity index (χ1v) is 13.0. The van der Waals surface area contributed by atoms with E-state index in [9.17, 15) is 29.3 Å². The summed E-state index contributed by atoms with van der Waals surface area (Å²) < 4.78 is 14.3. The second-order valence-electron chi connectivity index (χ2n) is 10.2. The number of aromatic amines is 1. The van der Waals surface area contributed by atoms with E-state index in [0.717, 1.165) is 5.56 Å². The molecule has 0 saturated carbocycles. The Hall–Kier alpha value is -3.38. The molecule has 0 radical (unpaired) electrons. The number of halogens is 2. The molecular weight excluding hydrogens is 529 g/mol. The molecule has 3 aromatic rings. The number of aliphatic hydroxyl groups excluding tert-OH is 2. The molecule has 0 spiro atoms. The van der Waals surface area contributed by atoms with Crippen LogP contribution in [-0.2, 0) is 11.2 Å². The average Bonchev–Trinajstić information content (AvgIpc) is 3.45. The number of aromatic nitrogens is 3. The molecule has 4 rings (SSSR count). The van der Waals surface area contributed by atoms with Gasteiger partial charge in [-0.15, -0.1) is 5.10 Å². The number of benzene rings is 2. The van der Waals surface area contributed by atoms with Crippen molar-refractivity contribution in [2.45, 2.75) is 25.3 Å². The van der Waals surface area contributed by atoms with Gasteiger partial charge in [0.25, 0.3) is 5.91 Å². The molecule has 1 fully saturated rings. The van der Waals surface area contributed by atoms with Crippen LogP contribution in [0.3, 0.4) is 0 Å². The molecule has 208 valence electrons. The van der Waals surface area contributed by atoms with Crippen LogP contribution in [0.5, 0.6) is 0 Å². The van der Waals surface area contributed by atoms with Gasteiger partial charge in [0.15, 0.2) is 0 Å². The molecule has 5 N–H and O–H groups in total. The van der Waals surface area contributed by atoms with E-state index in [4.69, 9.17) is 11.6 Å². The van der Waals surface area contributed by atoms with Crippen LogP contribution in [0, 0.1) is 17.2 Å². The van der Waals surface area contributed by atoms with E-state index in [1.807, 2.05) is 17.0 Å². The largest absolute Gasteiger partial charge is 0.481 e. The van der Waals surface area contributed by atoms with Crippen molar-refractivity contribution in [3.8, 4) is 11.1 Å². The summed E-state index contributed by atoms with van der Waals surface area (Å²) in [6, 6.07) is 10.9. The lowest BCUT2D eigenvalue weighted by Crippen LogP contribution is -2.60. The molecule has 0 aliphatic carbocycles. The molecule has 12 heteroatoms. The molecule has 39 heavy (non-hydrogen) atoms. The lowest BCUT2D eigenvalue weighted by Gasteiger charge is -2.48. The van der Waals surface area contributed by atoms with Gasteiger partial charge in [-0.1, -0.05) is 41.1 Å². The van der Waals surface area contributed by atoms with E-state index in [0.29, 0.717) is 48.6 Å². The maximum absolute atomic E-state index is 14.3. The standard InChI is InChI=1S/C27H31ClFN5O5/c28-20-5-6-23(29)22(11-20)18-3-1-17(2-4-18)9-21(31-25(37)24-12-30-33-32-24)10-19(26(38)39)7-8-34-13-27(14-34,15-35)16-36/h1-6,11-12,19,21,35-36H,7-10,13-16H2,(H,31,37)(H,38,39)(H,30,32,33)/t19-,21-/m1/s1. The van der Waals surface area contributed by atoms with Crippen molar-refractivity contribution < 1.29 is 29.3 Å². The number of likely N-dealkylation sites (tertiary alicyclic amines) is 1. The summed E-state index contributed by atoms with van der Waals surface area (Å²) in [5, 5.41) is 41.9. The van der Waals surface area contributed by atoms with Crippen molar-refractivity contribution in [3.05, 3.63) is 70.8 Å². The number of nitrogens with zero attached hydrogens (tertiary/aromatic N) is 3. The number of hydrogen-bond acceptors (Lipinski definition) is 7. The van der Waals surface area contributed by atoms with Crippen molar-refractivity contribution in [1.29, 1.82) is 0 Å². The van der Waals surface area contributed by atoms with Gasteiger partial charge in [-0.05, 0) is 55.1 Å². The number of aliphatic hydroxyl groups is 2. The second-order valence-corrected chi connectivity index (χ2v) is 10.6. The molecule has 0 bridgehead atoms. The van der Waals surface area contributed by atoms with Gasteiger partial charge >= 0.3 is 5.97 Å². The van der Waals surface area contributed by atoms with Crippen LogP contribution in [0.2, 0.25) is 5.02 Å². The van der Waals surface area contributed by atoms with Gasteiger partial charge in [-0.2, -0.15) is 0 Å². The minimum atomic E-state index is -0.972. The van der Waals surface area contributed by atoms with E-state index in [-0.39, 0.29) is 25.3 Å². The van der Waals surface area contributed by atoms with E-state index < -0.39 is 35.1 Å². The lowest BCUT2D eigenvalue weighted by molar-refractivity contribution is -0.143. The normalized spacial score (nSPS) is 16.3. The van der Waals surface area contributed by atoms with Gasteiger partial charge < -0.3 is 25.5 Å². The molecule has 0 unspecified atom stereocenters. The van der Waals surface area contributed by atoms with Crippen LogP contribution >= 0.6 is 11.6 Å². The first-order valence-electron chi connectivity index (χ1n) is 12.6. The molecule has 1 aliphatic heterocycles. The van der Waals surface area contributed by atoms with Crippen molar-refractivity contribution in [2.24, 2.45) is 11.3 Å². The highest BCUT2D eigenvalue weighted by Gasteiger charge is 2.42. The third-order valence-electron chi connectivity index (χ3n) is 7.17. The Morgan fingerprint density at radius 2 is 1.87 bits per heavy atom. The summed E-state index contributed by atoms with van der Waals surface area (Å²) in [5.41, 5.74) is 1.46. The Morgan fingerprint density at radius 1 is 1.15 bits per heavy atom. The Labute approximate surface area is 229 Å². The number of H-pyrrole nitrogens is 1. The molecule has 1 amide bonds. The molecule has 10 nitrogen and oxygen atoms in total. The highest BCUT2D eigenvalue weighted by molar-refractivity contribution is 6.30. The summed E-state index contributed by atoms with van der Waals surface area (Å²) in [6.07, 6.45) is 2.14. The predicted molar refractivity (Wildman–Crippen MR) is 142 cm³/mol. The molecule has 1 aromatic heterocycles. The summed E-state index contributed by atoms with van der Waals surface area (Å²) in [4.78, 5) is 26.9. The number of carbonyl (C=O) groups excluding carboxylic acids is 1. The number of amides is 1. The zero-order chi connectivity index (χ0) is 28.0. The Kier molecular flexibility index (Phi) is 9.28. The minimum absolute atomic E-state index is 0.123. The molecule has 2 aromatic carbocycles. The Morgan fingerprint density at radius 3 is 2.49 bits per heavy atom. The van der Waals surface area contributed by atoms with Crippen molar-refractivity contribution in [1.82, 2.24) is 25.6 Å². The number of nitrogens with one attached hydrogen (secondary N) is 2. The fourth-order valence-corrected chi connectivity index (χ4v) is 5.09. The number of aliphatic carboxylic acids is 1. The first-order chi connectivity index (χ1) is 18.7. The van der Waals surface area contributed by atoms with E-state index >= 15 is 0 Å². The predicted octanol–water partition coefficient (Wildman–Crippen LogP) is 2.37. The van der Waals surface area contributed by atoms with Crippen molar-refractivity contribution in [3.63, 3.8) is 0 Å². The monoisotopic (exact) mass is 559 g/mol. The number of rotatable bonds is 13. The van der Waals surface area contributed by atoms with Crippen LogP contribution < -0.4 is 5.32 Å². The topological polar surface area (TPSA) is 152 Å². The summed E-state index contributed by atoms with van der Waals surface area (Å²) in [6.45, 7) is 1.24. The van der Waals surface area contributed by atoms with Crippen LogP contribution in [0.15, 0.2) is 48.7 Å². The number of carboxylic acid groups (broad SMARTS) is 1. The number of hydrogen-bond donors (Lipinski definition) is 5. The van der Waals surface area contributed by atoms with E-state index in [2.05, 4.69) is 20.7 Å². The maximum atomic E-state index is 14.3. The van der Waals surface area contributed by atoms with Crippen LogP contribution in [0.1, 0.15) is 28.9 Å². The van der Waals surface area contributed by atoms with E-state index in [1.165, 1.54) is 18.3 Å². The Balaban J connectivity index is 1.45. The molecule has 1 aliphatic rings. The summed E-state index contributed by atoms with van der Waals surface area (Å²) in [5.74, 6) is -2.56. The first kappa shape index (κ1) is 28.6. The highest BCUT2D eigenvalue weighted by Crippen LogP contribution is 2.30. The SMILES string of the molecule is O=C(N[C@H](Cc1ccc(-c2cc(Cl)ccc2F)cc1)C[C@@H](CCN1CC(CO)(CO)C1)C(=O)O)c1cnn[nH]1. The van der Waals surface area contributed by atoms with Crippen LogP contribution in [0.25, 0.3) is 11.1 Å². The zero-order valence-corrected chi connectivity index (χ0v) is 21.9. The fourth-order valence-electron chi connectivity index (χ4n) is 4.92. The van der Waals surface area contributed by atoms with E-state index in [1.54, 1.807) is 18.2 Å². The van der Waals surface area contributed by atoms with Gasteiger partial charge in [0, 0.05) is 35.1 Å². The smallest absolute Gasteiger partial charge is 0.306 e. The summed E-state index contributed by atoms with van der Waals surface area (Å²) in [7, 11) is 0. The number of carbonyl (C=O) groups is 2. The van der Waals surface area contributed by atoms with Gasteiger partial charge in [-0.25, -0.2) is 4.39 Å². The molecule has 2 heterocycles. The van der Waals surface area contributed by atoms with Gasteiger partial charge in [0.2, 0.25) is 0 Å². The third-order valence-corrected chi connectivity index (χ3v) is 7.41. The van der Waals surface area contributed by atoms with Crippen molar-refractivity contribution in [2.75, 3.05) is 32.8 Å². The maximum Gasteiger partial charge on any atom is 0.306 e. The lowest BCUT2D eigenvalue weighted by atomic mass is 9.81. The van der Waals surface area contributed by atoms with Gasteiger partial charge in [0.1, 0.15) is 11.5 Å². The van der Waals surface area contributed by atoms with Gasteiger partial charge in [-0.3, -0.25) is 14.7 Å². The van der Waals surface area contributed by atoms with Crippen LogP contribution in [-0.4, -0.2) is 86.4 Å². The molecule has 2 atom stereocenters. The highest BCUT2D eigenvalue weighted by atomic mass is 35.5. The molecule has 1 saturated heterocycles. The Bertz CT molecular complexity index is 1260. The van der Waals surface area contributed by atoms with Gasteiger partial charge in [0.05, 0.1) is 25.3 Å². The fraction of sp³-hybridized carbons (Fsp3) is 0.407. The van der Waals surface area contributed by atoms with Crippen molar-refractivity contribution >= 4 is 23.5 Å². The third kappa shape index (κ3) is 7.18. The van der Waals surface area contributed by atoms with Crippen LogP contribution in [0.4, 0.5) is 4.39 Å². The average molecular weight is 560 g/mol.